The predicted molar refractivity (Wildman–Crippen MR) is 98.4 cm³/mol. The van der Waals surface area contributed by atoms with Crippen LogP contribution in [0, 0.1) is 28.6 Å². The van der Waals surface area contributed by atoms with Gasteiger partial charge in [-0.15, -0.1) is 5.10 Å². The first-order valence-corrected chi connectivity index (χ1v) is 9.13. The van der Waals surface area contributed by atoms with Crippen molar-refractivity contribution in [1.29, 1.82) is 10.7 Å². The Kier molecular flexibility index (Phi) is 4.18. The number of rotatable bonds is 2. The van der Waals surface area contributed by atoms with Gasteiger partial charge in [-0.25, -0.2) is 0 Å². The molecule has 0 fully saturated rings. The minimum atomic E-state index is -0.573. The summed E-state index contributed by atoms with van der Waals surface area (Å²) in [5, 5.41) is 25.2. The fourth-order valence-corrected chi connectivity index (χ4v) is 4.11. The molecular formula is C19H17BrN4O. The lowest BCUT2D eigenvalue weighted by atomic mass is 9.71. The number of aromatic amines is 1. The average Bonchev–Trinajstić information content (AvgIpc) is 3.05. The zero-order valence-corrected chi connectivity index (χ0v) is 15.1. The van der Waals surface area contributed by atoms with Crippen molar-refractivity contribution in [2.24, 2.45) is 11.8 Å². The molecule has 3 atom stereocenters. The van der Waals surface area contributed by atoms with E-state index in [4.69, 9.17) is 10.1 Å². The third kappa shape index (κ3) is 2.79. The molecule has 0 amide bonds. The smallest absolute Gasteiger partial charge is 0.243 e. The first-order valence-electron chi connectivity index (χ1n) is 8.34. The summed E-state index contributed by atoms with van der Waals surface area (Å²) in [6.45, 7) is 0. The zero-order chi connectivity index (χ0) is 17.4. The molecule has 0 spiro atoms. The molecule has 25 heavy (non-hydrogen) atoms. The van der Waals surface area contributed by atoms with Crippen LogP contribution in [0.3, 0.4) is 0 Å². The first-order chi connectivity index (χ1) is 12.2. The highest BCUT2D eigenvalue weighted by Crippen LogP contribution is 2.48. The lowest BCUT2D eigenvalue weighted by Crippen LogP contribution is -2.34. The largest absolute Gasteiger partial charge is 0.422 e. The quantitative estimate of drug-likeness (QED) is 0.715. The number of nitrogens with one attached hydrogen (secondary N) is 2. The molecule has 3 unspecified atom stereocenters. The van der Waals surface area contributed by atoms with Crippen molar-refractivity contribution in [3.05, 3.63) is 46.5 Å². The standard InChI is InChI=1S/C19H17BrN4O/c20-13-8-6-12(7-9-13)17-16-15(11-4-2-1-3-5-11)14(10-21)18(22)25-19(16)24-23-17/h1-2,6-9,11,14-15,22H,3-5H2,(H,23,24). The normalized spacial score (nSPS) is 25.1. The van der Waals surface area contributed by atoms with Gasteiger partial charge in [0.15, 0.2) is 0 Å². The minimum Gasteiger partial charge on any atom is -0.422 e. The molecule has 2 N–H and O–H groups in total. The van der Waals surface area contributed by atoms with Gasteiger partial charge in [-0.1, -0.05) is 40.2 Å². The molecule has 4 rings (SSSR count). The Bertz CT molecular complexity index is 878. The summed E-state index contributed by atoms with van der Waals surface area (Å²) in [5.74, 6) is 0.0984. The summed E-state index contributed by atoms with van der Waals surface area (Å²) in [6.07, 6.45) is 7.31. The number of hydrogen-bond acceptors (Lipinski definition) is 4. The molecule has 0 saturated carbocycles. The number of allylic oxidation sites excluding steroid dienone is 2. The van der Waals surface area contributed by atoms with E-state index in [1.807, 2.05) is 24.3 Å². The molecule has 0 radical (unpaired) electrons. The molecule has 5 nitrogen and oxygen atoms in total. The van der Waals surface area contributed by atoms with Crippen molar-refractivity contribution in [3.63, 3.8) is 0 Å². The summed E-state index contributed by atoms with van der Waals surface area (Å²) < 4.78 is 6.58. The summed E-state index contributed by atoms with van der Waals surface area (Å²) >= 11 is 3.46. The van der Waals surface area contributed by atoms with Crippen molar-refractivity contribution in [3.8, 4) is 23.2 Å². The van der Waals surface area contributed by atoms with E-state index in [9.17, 15) is 5.26 Å². The van der Waals surface area contributed by atoms with E-state index in [1.165, 1.54) is 0 Å². The summed E-state index contributed by atoms with van der Waals surface area (Å²) in [5.41, 5.74) is 2.82. The maximum absolute atomic E-state index is 9.70. The summed E-state index contributed by atoms with van der Waals surface area (Å²) in [7, 11) is 0. The van der Waals surface area contributed by atoms with Gasteiger partial charge < -0.3 is 4.74 Å². The van der Waals surface area contributed by atoms with E-state index in [1.54, 1.807) is 0 Å². The Hall–Kier alpha value is -2.39. The lowest BCUT2D eigenvalue weighted by molar-refractivity contribution is 0.318. The Balaban J connectivity index is 1.85. The maximum Gasteiger partial charge on any atom is 0.243 e. The summed E-state index contributed by atoms with van der Waals surface area (Å²) in [6, 6.07) is 10.3. The third-order valence-electron chi connectivity index (χ3n) is 5.04. The number of hydrogen-bond donors (Lipinski definition) is 2. The van der Waals surface area contributed by atoms with Crippen LogP contribution in [0.15, 0.2) is 40.9 Å². The number of aromatic nitrogens is 2. The zero-order valence-electron chi connectivity index (χ0n) is 13.5. The molecule has 1 aromatic heterocycles. The molecular weight excluding hydrogens is 380 g/mol. The van der Waals surface area contributed by atoms with Crippen molar-refractivity contribution >= 4 is 21.8 Å². The Morgan fingerprint density at radius 1 is 1.28 bits per heavy atom. The molecule has 126 valence electrons. The summed E-state index contributed by atoms with van der Waals surface area (Å²) in [4.78, 5) is 0. The van der Waals surface area contributed by atoms with Crippen LogP contribution in [0.1, 0.15) is 30.7 Å². The number of benzene rings is 1. The van der Waals surface area contributed by atoms with Crippen molar-refractivity contribution in [1.82, 2.24) is 10.2 Å². The van der Waals surface area contributed by atoms with E-state index in [-0.39, 0.29) is 11.8 Å². The predicted octanol–water partition coefficient (Wildman–Crippen LogP) is 4.79. The van der Waals surface area contributed by atoms with Crippen LogP contribution in [-0.2, 0) is 0 Å². The molecule has 1 aromatic carbocycles. The van der Waals surface area contributed by atoms with Gasteiger partial charge in [0.1, 0.15) is 5.92 Å². The van der Waals surface area contributed by atoms with Crippen molar-refractivity contribution in [2.75, 3.05) is 0 Å². The molecule has 2 aromatic rings. The fourth-order valence-electron chi connectivity index (χ4n) is 3.85. The number of nitriles is 1. The second-order valence-electron chi connectivity index (χ2n) is 6.47. The molecule has 1 aliphatic carbocycles. The van der Waals surface area contributed by atoms with Crippen LogP contribution in [0.2, 0.25) is 0 Å². The highest BCUT2D eigenvalue weighted by Gasteiger charge is 2.43. The molecule has 1 aliphatic heterocycles. The number of halogens is 1. The van der Waals surface area contributed by atoms with Gasteiger partial charge in [0.25, 0.3) is 0 Å². The Morgan fingerprint density at radius 2 is 2.08 bits per heavy atom. The van der Waals surface area contributed by atoms with Crippen LogP contribution in [0.4, 0.5) is 0 Å². The van der Waals surface area contributed by atoms with E-state index in [2.05, 4.69) is 44.3 Å². The van der Waals surface area contributed by atoms with Crippen LogP contribution in [-0.4, -0.2) is 16.1 Å². The maximum atomic E-state index is 9.70. The van der Waals surface area contributed by atoms with Gasteiger partial charge in [-0.05, 0) is 37.3 Å². The minimum absolute atomic E-state index is 0.00316. The number of H-pyrrole nitrogens is 1. The SMILES string of the molecule is N#CC1C(=N)Oc2n[nH]c(-c3ccc(Br)cc3)c2C1C1CC=CCC1. The molecule has 0 saturated heterocycles. The number of fused-ring (bicyclic) bond motifs is 1. The monoisotopic (exact) mass is 396 g/mol. The molecule has 6 heteroatoms. The van der Waals surface area contributed by atoms with Gasteiger partial charge in [0.05, 0.1) is 11.8 Å². The van der Waals surface area contributed by atoms with E-state index >= 15 is 0 Å². The first kappa shape index (κ1) is 16.1. The van der Waals surface area contributed by atoms with Crippen molar-refractivity contribution in [2.45, 2.75) is 25.2 Å². The van der Waals surface area contributed by atoms with Crippen LogP contribution >= 0.6 is 15.9 Å². The molecule has 2 heterocycles. The highest BCUT2D eigenvalue weighted by molar-refractivity contribution is 9.10. The van der Waals surface area contributed by atoms with Crippen molar-refractivity contribution < 1.29 is 4.74 Å². The number of ether oxygens (including phenoxy) is 1. The van der Waals surface area contributed by atoms with Gasteiger partial charge in [-0.2, -0.15) is 5.26 Å². The number of nitrogens with zero attached hydrogens (tertiary/aromatic N) is 2. The second kappa shape index (κ2) is 6.49. The fraction of sp³-hybridized carbons (Fsp3) is 0.316. The van der Waals surface area contributed by atoms with Gasteiger partial charge in [0.2, 0.25) is 11.8 Å². The van der Waals surface area contributed by atoms with E-state index in [0.717, 1.165) is 40.6 Å². The van der Waals surface area contributed by atoms with Crippen LogP contribution in [0.25, 0.3) is 11.3 Å². The topological polar surface area (TPSA) is 85.6 Å². The van der Waals surface area contributed by atoms with E-state index in [0.29, 0.717) is 11.8 Å². The highest BCUT2D eigenvalue weighted by atomic mass is 79.9. The molecule has 0 bridgehead atoms. The lowest BCUT2D eigenvalue weighted by Gasteiger charge is -2.34. The van der Waals surface area contributed by atoms with Gasteiger partial charge in [-0.3, -0.25) is 10.5 Å². The van der Waals surface area contributed by atoms with Crippen LogP contribution in [0.5, 0.6) is 5.88 Å². The Labute approximate surface area is 154 Å². The van der Waals surface area contributed by atoms with Gasteiger partial charge in [0, 0.05) is 21.5 Å². The molecule has 2 aliphatic rings. The third-order valence-corrected chi connectivity index (χ3v) is 5.57. The van der Waals surface area contributed by atoms with Gasteiger partial charge >= 0.3 is 0 Å². The second-order valence-corrected chi connectivity index (χ2v) is 7.38. The Morgan fingerprint density at radius 3 is 2.76 bits per heavy atom. The van der Waals surface area contributed by atoms with E-state index < -0.39 is 5.92 Å². The average molecular weight is 397 g/mol. The van der Waals surface area contributed by atoms with Crippen LogP contribution < -0.4 is 4.74 Å².